The van der Waals surface area contributed by atoms with Crippen LogP contribution in [0.15, 0.2) is 59.6 Å². The van der Waals surface area contributed by atoms with Gasteiger partial charge in [0.25, 0.3) is 0 Å². The number of nitrogens with two attached hydrogens (primary N) is 3. The van der Waals surface area contributed by atoms with Gasteiger partial charge in [-0.25, -0.2) is 9.79 Å². The lowest BCUT2D eigenvalue weighted by molar-refractivity contribution is 0.0697. The zero-order valence-corrected chi connectivity index (χ0v) is 13.7. The molecule has 0 radical (unpaired) electrons. The highest BCUT2D eigenvalue weighted by Gasteiger charge is 2.23. The Hall–Kier alpha value is -3.87. The fourth-order valence-electron chi connectivity index (χ4n) is 2.99. The lowest BCUT2D eigenvalue weighted by Gasteiger charge is -2.16. The second-order valence-corrected chi connectivity index (χ2v) is 5.66. The van der Waals surface area contributed by atoms with Crippen molar-refractivity contribution in [2.45, 2.75) is 0 Å². The number of carboxylic acid groups (broad SMARTS) is 1. The maximum Gasteiger partial charge on any atom is 0.337 e. The summed E-state index contributed by atoms with van der Waals surface area (Å²) in [6.07, 6.45) is 0. The van der Waals surface area contributed by atoms with E-state index in [2.05, 4.69) is 4.99 Å². The minimum absolute atomic E-state index is 0.106. The molecule has 7 heteroatoms. The third-order valence-electron chi connectivity index (χ3n) is 4.00. The summed E-state index contributed by atoms with van der Waals surface area (Å²) in [6, 6.07) is 16.1. The summed E-state index contributed by atoms with van der Waals surface area (Å²) in [6.45, 7) is 0. The second kappa shape index (κ2) is 6.56. The normalized spacial score (nSPS) is 10.5. The SMILES string of the molecule is N=C(N)c1ccc(N=C(N)N)c(-c2cccc3ccccc23)c1C(=O)O. The van der Waals surface area contributed by atoms with Gasteiger partial charge in [-0.3, -0.25) is 5.41 Å². The third kappa shape index (κ3) is 2.93. The molecule has 0 aromatic heterocycles. The molecular formula is C19H17N5O2. The highest BCUT2D eigenvalue weighted by Crippen LogP contribution is 2.39. The Morgan fingerprint density at radius 3 is 2.31 bits per heavy atom. The summed E-state index contributed by atoms with van der Waals surface area (Å²) in [5.41, 5.74) is 17.9. The molecule has 0 atom stereocenters. The molecule has 26 heavy (non-hydrogen) atoms. The largest absolute Gasteiger partial charge is 0.478 e. The smallest absolute Gasteiger partial charge is 0.337 e. The zero-order chi connectivity index (χ0) is 18.8. The minimum Gasteiger partial charge on any atom is -0.478 e. The van der Waals surface area contributed by atoms with Gasteiger partial charge in [0.05, 0.1) is 11.3 Å². The minimum atomic E-state index is -1.22. The Morgan fingerprint density at radius 1 is 0.962 bits per heavy atom. The molecule has 0 aliphatic rings. The Bertz CT molecular complexity index is 1060. The Labute approximate surface area is 149 Å². The number of fused-ring (bicyclic) bond motifs is 1. The van der Waals surface area contributed by atoms with Gasteiger partial charge in [-0.05, 0) is 28.5 Å². The molecule has 3 aromatic rings. The highest BCUT2D eigenvalue weighted by molar-refractivity contribution is 6.14. The van der Waals surface area contributed by atoms with Crippen LogP contribution in [0.25, 0.3) is 21.9 Å². The number of aliphatic imine (C=N–C) groups is 1. The summed E-state index contributed by atoms with van der Waals surface area (Å²) in [5.74, 6) is -1.76. The molecular weight excluding hydrogens is 330 g/mol. The molecule has 0 heterocycles. The van der Waals surface area contributed by atoms with Crippen LogP contribution in [-0.4, -0.2) is 22.9 Å². The van der Waals surface area contributed by atoms with Gasteiger partial charge < -0.3 is 22.3 Å². The van der Waals surface area contributed by atoms with Crippen LogP contribution in [0, 0.1) is 5.41 Å². The maximum absolute atomic E-state index is 12.0. The van der Waals surface area contributed by atoms with Gasteiger partial charge in [0.15, 0.2) is 5.96 Å². The van der Waals surface area contributed by atoms with Crippen molar-refractivity contribution in [1.82, 2.24) is 0 Å². The summed E-state index contributed by atoms with van der Waals surface area (Å²) >= 11 is 0. The fourth-order valence-corrected chi connectivity index (χ4v) is 2.99. The van der Waals surface area contributed by atoms with Gasteiger partial charge in [-0.1, -0.05) is 42.5 Å². The van der Waals surface area contributed by atoms with Crippen molar-refractivity contribution in [2.75, 3.05) is 0 Å². The van der Waals surface area contributed by atoms with Gasteiger partial charge in [0, 0.05) is 11.1 Å². The molecule has 0 spiro atoms. The van der Waals surface area contributed by atoms with Crippen LogP contribution in [0.2, 0.25) is 0 Å². The number of hydrogen-bond donors (Lipinski definition) is 5. The molecule has 130 valence electrons. The number of aromatic carboxylic acids is 1. The van der Waals surface area contributed by atoms with E-state index in [0.29, 0.717) is 16.8 Å². The van der Waals surface area contributed by atoms with E-state index < -0.39 is 5.97 Å². The summed E-state index contributed by atoms with van der Waals surface area (Å²) in [7, 11) is 0. The third-order valence-corrected chi connectivity index (χ3v) is 4.00. The number of hydrogen-bond acceptors (Lipinski definition) is 3. The van der Waals surface area contributed by atoms with E-state index in [1.165, 1.54) is 6.07 Å². The van der Waals surface area contributed by atoms with Gasteiger partial charge in [-0.2, -0.15) is 0 Å². The summed E-state index contributed by atoms with van der Waals surface area (Å²) in [5, 5.41) is 19.3. The predicted molar refractivity (Wildman–Crippen MR) is 103 cm³/mol. The number of rotatable bonds is 4. The molecule has 7 nitrogen and oxygen atoms in total. The van der Waals surface area contributed by atoms with Gasteiger partial charge in [0.2, 0.25) is 0 Å². The van der Waals surface area contributed by atoms with Crippen molar-refractivity contribution in [3.05, 3.63) is 65.7 Å². The topological polar surface area (TPSA) is 152 Å². The number of benzene rings is 3. The van der Waals surface area contributed by atoms with Crippen molar-refractivity contribution in [3.8, 4) is 11.1 Å². The molecule has 0 bridgehead atoms. The molecule has 0 saturated heterocycles. The predicted octanol–water partition coefficient (Wildman–Crippen LogP) is 2.39. The number of guanidine groups is 1. The van der Waals surface area contributed by atoms with Crippen LogP contribution in [-0.2, 0) is 0 Å². The highest BCUT2D eigenvalue weighted by atomic mass is 16.4. The molecule has 0 aliphatic heterocycles. The first-order valence-corrected chi connectivity index (χ1v) is 7.72. The molecule has 0 saturated carbocycles. The Morgan fingerprint density at radius 2 is 1.65 bits per heavy atom. The van der Waals surface area contributed by atoms with Crippen LogP contribution in [0.5, 0.6) is 0 Å². The first kappa shape index (κ1) is 17.0. The first-order chi connectivity index (χ1) is 12.4. The number of carboxylic acids is 1. The standard InChI is InChI=1S/C19H17N5O2/c20-17(21)13-8-9-14(24-19(22)23)15(16(13)18(25)26)12-7-3-5-10-4-1-2-6-11(10)12/h1-9H,(H3,20,21)(H,25,26)(H4,22,23,24). The van der Waals surface area contributed by atoms with E-state index in [-0.39, 0.29) is 22.9 Å². The number of nitrogens with zero attached hydrogens (tertiary/aromatic N) is 1. The van der Waals surface area contributed by atoms with Crippen molar-refractivity contribution in [3.63, 3.8) is 0 Å². The molecule has 3 rings (SSSR count). The number of carbonyl (C=O) groups is 1. The monoisotopic (exact) mass is 347 g/mol. The van der Waals surface area contributed by atoms with Crippen LogP contribution in [0.3, 0.4) is 0 Å². The van der Waals surface area contributed by atoms with E-state index >= 15 is 0 Å². The van der Waals surface area contributed by atoms with Gasteiger partial charge in [-0.15, -0.1) is 0 Å². The zero-order valence-electron chi connectivity index (χ0n) is 13.7. The lowest BCUT2D eigenvalue weighted by Crippen LogP contribution is -2.22. The van der Waals surface area contributed by atoms with Crippen LogP contribution < -0.4 is 17.2 Å². The van der Waals surface area contributed by atoms with Crippen LogP contribution in [0.4, 0.5) is 5.69 Å². The number of nitrogens with one attached hydrogen (secondary N) is 1. The van der Waals surface area contributed by atoms with E-state index in [0.717, 1.165) is 10.8 Å². The van der Waals surface area contributed by atoms with Gasteiger partial charge >= 0.3 is 5.97 Å². The molecule has 0 unspecified atom stereocenters. The quantitative estimate of drug-likeness (QED) is 0.362. The molecule has 0 fully saturated rings. The Balaban J connectivity index is 2.51. The molecule has 3 aromatic carbocycles. The number of amidine groups is 1. The molecule has 0 aliphatic carbocycles. The van der Waals surface area contributed by atoms with Gasteiger partial charge in [0.1, 0.15) is 5.84 Å². The van der Waals surface area contributed by atoms with Crippen molar-refractivity contribution in [1.29, 1.82) is 5.41 Å². The van der Waals surface area contributed by atoms with Crippen LogP contribution in [0.1, 0.15) is 15.9 Å². The second-order valence-electron chi connectivity index (χ2n) is 5.66. The summed E-state index contributed by atoms with van der Waals surface area (Å²) in [4.78, 5) is 16.1. The Kier molecular flexibility index (Phi) is 4.28. The van der Waals surface area contributed by atoms with Crippen molar-refractivity contribution in [2.24, 2.45) is 22.2 Å². The van der Waals surface area contributed by atoms with E-state index in [1.54, 1.807) is 12.1 Å². The fraction of sp³-hybridized carbons (Fsp3) is 0. The van der Waals surface area contributed by atoms with Crippen molar-refractivity contribution < 1.29 is 9.90 Å². The molecule has 8 N–H and O–H groups in total. The average Bonchev–Trinajstić information content (AvgIpc) is 2.60. The van der Waals surface area contributed by atoms with Crippen molar-refractivity contribution >= 4 is 34.2 Å². The maximum atomic E-state index is 12.0. The lowest BCUT2D eigenvalue weighted by atomic mass is 9.90. The molecule has 0 amide bonds. The van der Waals surface area contributed by atoms with E-state index in [1.807, 2.05) is 36.4 Å². The average molecular weight is 347 g/mol. The first-order valence-electron chi connectivity index (χ1n) is 7.72. The van der Waals surface area contributed by atoms with E-state index in [4.69, 9.17) is 22.6 Å². The number of nitrogen functional groups attached to an aromatic ring is 1. The summed E-state index contributed by atoms with van der Waals surface area (Å²) < 4.78 is 0. The van der Waals surface area contributed by atoms with Crippen LogP contribution >= 0.6 is 0 Å². The van der Waals surface area contributed by atoms with E-state index in [9.17, 15) is 9.90 Å².